The Morgan fingerprint density at radius 3 is 2.40 bits per heavy atom. The number of benzene rings is 1. The van der Waals surface area contributed by atoms with Crippen LogP contribution in [0, 0.1) is 5.41 Å². The molecule has 2 amide bonds. The molecular formula is C19H22ClN3O2. The van der Waals surface area contributed by atoms with Gasteiger partial charge >= 0.3 is 0 Å². The molecule has 0 aliphatic carbocycles. The highest BCUT2D eigenvalue weighted by Gasteiger charge is 2.32. The maximum atomic E-state index is 12.6. The van der Waals surface area contributed by atoms with Gasteiger partial charge in [-0.15, -0.1) is 0 Å². The third kappa shape index (κ3) is 4.79. The molecule has 2 aromatic rings. The van der Waals surface area contributed by atoms with Crippen molar-refractivity contribution in [3.63, 3.8) is 0 Å². The zero-order valence-corrected chi connectivity index (χ0v) is 15.5. The zero-order valence-electron chi connectivity index (χ0n) is 14.8. The molecule has 0 spiro atoms. The molecule has 0 radical (unpaired) electrons. The Bertz CT molecular complexity index is 784. The van der Waals surface area contributed by atoms with Gasteiger partial charge < -0.3 is 10.6 Å². The molecule has 5 nitrogen and oxygen atoms in total. The Balaban J connectivity index is 2.28. The minimum Gasteiger partial charge on any atom is -0.357 e. The van der Waals surface area contributed by atoms with Crippen molar-refractivity contribution < 1.29 is 9.59 Å². The molecule has 132 valence electrons. The first-order chi connectivity index (χ1) is 11.7. The van der Waals surface area contributed by atoms with Crippen LogP contribution in [0.25, 0.3) is 11.3 Å². The molecule has 1 heterocycles. The van der Waals surface area contributed by atoms with Crippen LogP contribution in [0.2, 0.25) is 5.02 Å². The second kappa shape index (κ2) is 7.66. The lowest BCUT2D eigenvalue weighted by Crippen LogP contribution is -2.53. The SMILES string of the molecule is CNC(=O)C(NC(=O)c1cccc(-c2cccc(Cl)c2)n1)C(C)(C)C. The number of rotatable bonds is 4. The Morgan fingerprint density at radius 2 is 1.80 bits per heavy atom. The summed E-state index contributed by atoms with van der Waals surface area (Å²) in [5.74, 6) is -0.640. The summed E-state index contributed by atoms with van der Waals surface area (Å²) in [4.78, 5) is 29.1. The topological polar surface area (TPSA) is 71.1 Å². The van der Waals surface area contributed by atoms with Crippen molar-refractivity contribution in [2.45, 2.75) is 26.8 Å². The normalized spacial score (nSPS) is 12.4. The van der Waals surface area contributed by atoms with E-state index in [4.69, 9.17) is 11.6 Å². The van der Waals surface area contributed by atoms with Crippen molar-refractivity contribution in [2.24, 2.45) is 5.41 Å². The average Bonchev–Trinajstić information content (AvgIpc) is 2.58. The fraction of sp³-hybridized carbons (Fsp3) is 0.316. The van der Waals surface area contributed by atoms with Crippen LogP contribution in [0.4, 0.5) is 0 Å². The van der Waals surface area contributed by atoms with E-state index in [1.54, 1.807) is 31.3 Å². The van der Waals surface area contributed by atoms with Crippen molar-refractivity contribution in [1.82, 2.24) is 15.6 Å². The smallest absolute Gasteiger partial charge is 0.270 e. The molecule has 1 aromatic heterocycles. The van der Waals surface area contributed by atoms with Crippen LogP contribution < -0.4 is 10.6 Å². The average molecular weight is 360 g/mol. The summed E-state index contributed by atoms with van der Waals surface area (Å²) >= 11 is 6.02. The summed E-state index contributed by atoms with van der Waals surface area (Å²) in [6.45, 7) is 5.68. The monoisotopic (exact) mass is 359 g/mol. The molecule has 0 aliphatic heterocycles. The molecule has 0 bridgehead atoms. The highest BCUT2D eigenvalue weighted by Crippen LogP contribution is 2.22. The van der Waals surface area contributed by atoms with Crippen LogP contribution >= 0.6 is 11.6 Å². The predicted molar refractivity (Wildman–Crippen MR) is 99.5 cm³/mol. The Morgan fingerprint density at radius 1 is 1.12 bits per heavy atom. The number of nitrogens with zero attached hydrogens (tertiary/aromatic N) is 1. The molecule has 1 atom stereocenters. The molecule has 25 heavy (non-hydrogen) atoms. The van der Waals surface area contributed by atoms with Gasteiger partial charge in [0, 0.05) is 17.6 Å². The Kier molecular flexibility index (Phi) is 5.80. The minimum atomic E-state index is -0.665. The number of halogens is 1. The first-order valence-corrected chi connectivity index (χ1v) is 8.35. The van der Waals surface area contributed by atoms with Gasteiger partial charge in [-0.25, -0.2) is 4.98 Å². The molecule has 2 rings (SSSR count). The second-order valence-corrected chi connectivity index (χ2v) is 7.24. The fourth-order valence-electron chi connectivity index (χ4n) is 2.39. The number of nitrogens with one attached hydrogen (secondary N) is 2. The number of carbonyl (C=O) groups is 2. The number of hydrogen-bond acceptors (Lipinski definition) is 3. The van der Waals surface area contributed by atoms with E-state index >= 15 is 0 Å². The van der Waals surface area contributed by atoms with Gasteiger partial charge in [-0.3, -0.25) is 9.59 Å². The van der Waals surface area contributed by atoms with E-state index in [1.807, 2.05) is 39.0 Å². The van der Waals surface area contributed by atoms with Crippen molar-refractivity contribution in [2.75, 3.05) is 7.05 Å². The van der Waals surface area contributed by atoms with Crippen LogP contribution in [0.15, 0.2) is 42.5 Å². The van der Waals surface area contributed by atoms with E-state index < -0.39 is 17.4 Å². The van der Waals surface area contributed by atoms with Gasteiger partial charge in [-0.2, -0.15) is 0 Å². The van der Waals surface area contributed by atoms with Gasteiger partial charge in [-0.1, -0.05) is 50.6 Å². The van der Waals surface area contributed by atoms with Crippen LogP contribution in [0.5, 0.6) is 0 Å². The fourth-order valence-corrected chi connectivity index (χ4v) is 2.58. The van der Waals surface area contributed by atoms with Gasteiger partial charge in [0.25, 0.3) is 5.91 Å². The van der Waals surface area contributed by atoms with Crippen LogP contribution in [0.1, 0.15) is 31.3 Å². The van der Waals surface area contributed by atoms with E-state index in [1.165, 1.54) is 0 Å². The summed E-state index contributed by atoms with van der Waals surface area (Å²) in [5.41, 5.74) is 1.28. The molecule has 1 unspecified atom stereocenters. The summed E-state index contributed by atoms with van der Waals surface area (Å²) < 4.78 is 0. The second-order valence-electron chi connectivity index (χ2n) is 6.81. The van der Waals surface area contributed by atoms with E-state index in [9.17, 15) is 9.59 Å². The van der Waals surface area contributed by atoms with E-state index in [0.29, 0.717) is 10.7 Å². The number of likely N-dealkylation sites (N-methyl/N-ethyl adjacent to an activating group) is 1. The molecule has 2 N–H and O–H groups in total. The summed E-state index contributed by atoms with van der Waals surface area (Å²) in [6.07, 6.45) is 0. The molecular weight excluding hydrogens is 338 g/mol. The summed E-state index contributed by atoms with van der Waals surface area (Å²) in [7, 11) is 1.55. The Hall–Kier alpha value is -2.40. The van der Waals surface area contributed by atoms with Gasteiger partial charge in [0.2, 0.25) is 5.91 Å². The van der Waals surface area contributed by atoms with Gasteiger partial charge in [0.05, 0.1) is 5.69 Å². The van der Waals surface area contributed by atoms with Crippen LogP contribution in [-0.2, 0) is 4.79 Å². The molecule has 0 saturated carbocycles. The van der Waals surface area contributed by atoms with E-state index in [-0.39, 0.29) is 11.6 Å². The number of pyridine rings is 1. The summed E-state index contributed by atoms with van der Waals surface area (Å²) in [5, 5.41) is 5.96. The Labute approximate surface area is 152 Å². The van der Waals surface area contributed by atoms with Crippen LogP contribution in [-0.4, -0.2) is 29.9 Å². The van der Waals surface area contributed by atoms with Crippen molar-refractivity contribution in [3.05, 3.63) is 53.2 Å². The predicted octanol–water partition coefficient (Wildman–Crippen LogP) is 3.29. The van der Waals surface area contributed by atoms with Gasteiger partial charge in [0.1, 0.15) is 11.7 Å². The highest BCUT2D eigenvalue weighted by atomic mass is 35.5. The number of carbonyl (C=O) groups excluding carboxylic acids is 2. The lowest BCUT2D eigenvalue weighted by molar-refractivity contribution is -0.124. The molecule has 1 aromatic carbocycles. The third-order valence-electron chi connectivity index (χ3n) is 3.75. The van der Waals surface area contributed by atoms with Crippen LogP contribution in [0.3, 0.4) is 0 Å². The zero-order chi connectivity index (χ0) is 18.6. The lowest BCUT2D eigenvalue weighted by Gasteiger charge is -2.29. The van der Waals surface area contributed by atoms with E-state index in [0.717, 1.165) is 5.56 Å². The molecule has 6 heteroatoms. The number of aromatic nitrogens is 1. The molecule has 0 fully saturated rings. The minimum absolute atomic E-state index is 0.244. The van der Waals surface area contributed by atoms with Crippen molar-refractivity contribution in [3.8, 4) is 11.3 Å². The number of amides is 2. The van der Waals surface area contributed by atoms with Gasteiger partial charge in [0.15, 0.2) is 0 Å². The lowest BCUT2D eigenvalue weighted by atomic mass is 9.86. The van der Waals surface area contributed by atoms with E-state index in [2.05, 4.69) is 15.6 Å². The maximum absolute atomic E-state index is 12.6. The van der Waals surface area contributed by atoms with Crippen molar-refractivity contribution >= 4 is 23.4 Å². The number of hydrogen-bond donors (Lipinski definition) is 2. The standard InChI is InChI=1S/C19H22ClN3O2/c1-19(2,3)16(18(25)21-4)23-17(24)15-10-6-9-14(22-15)12-7-5-8-13(20)11-12/h5-11,16H,1-4H3,(H,21,25)(H,23,24). The quantitative estimate of drug-likeness (QED) is 0.879. The first kappa shape index (κ1) is 18.9. The van der Waals surface area contributed by atoms with Gasteiger partial charge in [-0.05, 0) is 29.7 Å². The summed E-state index contributed by atoms with van der Waals surface area (Å²) in [6, 6.07) is 11.8. The molecule has 0 saturated heterocycles. The maximum Gasteiger partial charge on any atom is 0.270 e. The highest BCUT2D eigenvalue weighted by molar-refractivity contribution is 6.30. The third-order valence-corrected chi connectivity index (χ3v) is 3.99. The first-order valence-electron chi connectivity index (χ1n) is 7.98. The largest absolute Gasteiger partial charge is 0.357 e. The van der Waals surface area contributed by atoms with Crippen molar-refractivity contribution in [1.29, 1.82) is 0 Å². The molecule has 0 aliphatic rings.